The Labute approximate surface area is 186 Å². The average Bonchev–Trinajstić information content (AvgIpc) is 3.07. The summed E-state index contributed by atoms with van der Waals surface area (Å²) in [4.78, 5) is 38.8. The molecule has 2 rings (SSSR count). The lowest BCUT2D eigenvalue weighted by Gasteiger charge is -2.28. The standard InChI is InChI=1S/C21H27Cl2NO6/c1-6-29-17(26)10-15(25)14-9-12(11-24(14)20(27)30-21(2,3)4)18-16(28-5)8-7-13(22)19(18)23/h7-8,12,14H,6,9-11H2,1-5H3/t12-,14+/m0/s1. The van der Waals surface area contributed by atoms with Crippen LogP contribution in [0.3, 0.4) is 0 Å². The molecule has 9 heteroatoms. The van der Waals surface area contributed by atoms with Crippen molar-refractivity contribution in [2.75, 3.05) is 20.3 Å². The number of hydrogen-bond acceptors (Lipinski definition) is 6. The van der Waals surface area contributed by atoms with E-state index in [1.165, 1.54) is 12.0 Å². The van der Waals surface area contributed by atoms with Crippen LogP contribution in [0.4, 0.5) is 4.79 Å². The fourth-order valence-electron chi connectivity index (χ4n) is 3.45. The van der Waals surface area contributed by atoms with Gasteiger partial charge in [-0.3, -0.25) is 14.5 Å². The molecule has 0 radical (unpaired) electrons. The smallest absolute Gasteiger partial charge is 0.410 e. The molecule has 0 bridgehead atoms. The van der Waals surface area contributed by atoms with Crippen LogP contribution in [0.1, 0.15) is 52.0 Å². The molecule has 1 saturated heterocycles. The van der Waals surface area contributed by atoms with Gasteiger partial charge in [-0.05, 0) is 46.2 Å². The molecular weight excluding hydrogens is 433 g/mol. The van der Waals surface area contributed by atoms with Crippen LogP contribution in [-0.2, 0) is 19.1 Å². The van der Waals surface area contributed by atoms with E-state index in [4.69, 9.17) is 37.4 Å². The van der Waals surface area contributed by atoms with Gasteiger partial charge < -0.3 is 14.2 Å². The molecule has 2 atom stereocenters. The highest BCUT2D eigenvalue weighted by Crippen LogP contribution is 2.44. The molecule has 7 nitrogen and oxygen atoms in total. The van der Waals surface area contributed by atoms with E-state index in [-0.39, 0.29) is 25.5 Å². The van der Waals surface area contributed by atoms with E-state index in [9.17, 15) is 14.4 Å². The van der Waals surface area contributed by atoms with Crippen molar-refractivity contribution in [1.82, 2.24) is 4.90 Å². The number of rotatable bonds is 6. The summed E-state index contributed by atoms with van der Waals surface area (Å²) in [5.74, 6) is -0.862. The second-order valence-electron chi connectivity index (χ2n) is 8.01. The fourth-order valence-corrected chi connectivity index (χ4v) is 3.93. The quantitative estimate of drug-likeness (QED) is 0.455. The normalized spacial score (nSPS) is 18.8. The Kier molecular flexibility index (Phi) is 7.99. The summed E-state index contributed by atoms with van der Waals surface area (Å²) in [7, 11) is 1.51. The predicted molar refractivity (Wildman–Crippen MR) is 113 cm³/mol. The molecule has 1 aliphatic rings. The number of methoxy groups -OCH3 is 1. The summed E-state index contributed by atoms with van der Waals surface area (Å²) in [6.45, 7) is 7.23. The second-order valence-corrected chi connectivity index (χ2v) is 8.79. The van der Waals surface area contributed by atoms with Crippen molar-refractivity contribution in [3.63, 3.8) is 0 Å². The lowest BCUT2D eigenvalue weighted by molar-refractivity contribution is -0.146. The van der Waals surface area contributed by atoms with Gasteiger partial charge in [0.1, 0.15) is 17.8 Å². The summed E-state index contributed by atoms with van der Waals surface area (Å²) in [6, 6.07) is 2.46. The van der Waals surface area contributed by atoms with E-state index in [2.05, 4.69) is 0 Å². The number of benzene rings is 1. The third-order valence-corrected chi connectivity index (χ3v) is 5.46. The van der Waals surface area contributed by atoms with E-state index in [0.29, 0.717) is 21.4 Å². The Balaban J connectivity index is 2.37. The topological polar surface area (TPSA) is 82.1 Å². The highest BCUT2D eigenvalue weighted by atomic mass is 35.5. The molecule has 0 N–H and O–H groups in total. The minimum absolute atomic E-state index is 0.171. The van der Waals surface area contributed by atoms with Gasteiger partial charge in [0.05, 0.1) is 29.8 Å². The van der Waals surface area contributed by atoms with Gasteiger partial charge in [-0.2, -0.15) is 0 Å². The van der Waals surface area contributed by atoms with Crippen LogP contribution < -0.4 is 4.74 Å². The molecule has 1 aliphatic heterocycles. The summed E-state index contributed by atoms with van der Waals surface area (Å²) in [5, 5.41) is 0.654. The Morgan fingerprint density at radius 3 is 2.43 bits per heavy atom. The number of ether oxygens (including phenoxy) is 3. The molecule has 166 valence electrons. The first-order chi connectivity index (χ1) is 14.0. The zero-order chi connectivity index (χ0) is 22.6. The zero-order valence-corrected chi connectivity index (χ0v) is 19.3. The van der Waals surface area contributed by atoms with Gasteiger partial charge in [0.25, 0.3) is 0 Å². The Hall–Kier alpha value is -1.99. The Morgan fingerprint density at radius 1 is 1.20 bits per heavy atom. The first kappa shape index (κ1) is 24.3. The second kappa shape index (κ2) is 9.88. The van der Waals surface area contributed by atoms with Gasteiger partial charge in [0, 0.05) is 18.0 Å². The number of halogens is 2. The van der Waals surface area contributed by atoms with Gasteiger partial charge in [0.2, 0.25) is 0 Å². The number of carbonyl (C=O) groups is 3. The number of carbonyl (C=O) groups excluding carboxylic acids is 3. The first-order valence-electron chi connectivity index (χ1n) is 9.68. The summed E-state index contributed by atoms with van der Waals surface area (Å²) in [5.41, 5.74) is -0.123. The molecule has 0 aromatic heterocycles. The molecule has 0 aliphatic carbocycles. The lowest BCUT2D eigenvalue weighted by Crippen LogP contribution is -2.44. The highest BCUT2D eigenvalue weighted by molar-refractivity contribution is 6.42. The van der Waals surface area contributed by atoms with Crippen molar-refractivity contribution < 1.29 is 28.6 Å². The van der Waals surface area contributed by atoms with Gasteiger partial charge >= 0.3 is 12.1 Å². The minimum atomic E-state index is -0.853. The first-order valence-corrected chi connectivity index (χ1v) is 10.4. The van der Waals surface area contributed by atoms with Crippen LogP contribution in [0.2, 0.25) is 10.0 Å². The molecule has 30 heavy (non-hydrogen) atoms. The van der Waals surface area contributed by atoms with Crippen LogP contribution in [0.15, 0.2) is 12.1 Å². The van der Waals surface area contributed by atoms with E-state index in [1.807, 2.05) is 0 Å². The molecule has 0 unspecified atom stereocenters. The average molecular weight is 460 g/mol. The Morgan fingerprint density at radius 2 is 1.87 bits per heavy atom. The van der Waals surface area contributed by atoms with Gasteiger partial charge in [0.15, 0.2) is 5.78 Å². The fraction of sp³-hybridized carbons (Fsp3) is 0.571. The number of ketones is 1. The number of nitrogens with zero attached hydrogens (tertiary/aromatic N) is 1. The van der Waals surface area contributed by atoms with E-state index >= 15 is 0 Å². The summed E-state index contributed by atoms with van der Waals surface area (Å²) < 4.78 is 15.8. The van der Waals surface area contributed by atoms with Crippen molar-refractivity contribution >= 4 is 41.0 Å². The van der Waals surface area contributed by atoms with Crippen LogP contribution in [0, 0.1) is 0 Å². The van der Waals surface area contributed by atoms with E-state index < -0.39 is 35.9 Å². The maximum Gasteiger partial charge on any atom is 0.410 e. The maximum absolute atomic E-state index is 12.9. The molecule has 1 amide bonds. The van der Waals surface area contributed by atoms with E-state index in [1.54, 1.807) is 39.8 Å². The molecular formula is C21H27Cl2NO6. The largest absolute Gasteiger partial charge is 0.496 e. The van der Waals surface area contributed by atoms with Crippen molar-refractivity contribution in [2.24, 2.45) is 0 Å². The van der Waals surface area contributed by atoms with E-state index in [0.717, 1.165) is 0 Å². The number of Topliss-reactive ketones (excluding diaryl/α,β-unsaturated/α-hetero) is 1. The van der Waals surface area contributed by atoms with Gasteiger partial charge in [-0.25, -0.2) is 4.79 Å². The zero-order valence-electron chi connectivity index (χ0n) is 17.8. The van der Waals surface area contributed by atoms with Crippen molar-refractivity contribution in [2.45, 2.75) is 58.1 Å². The SMILES string of the molecule is CCOC(=O)CC(=O)[C@H]1C[C@H](c2c(OC)ccc(Cl)c2Cl)CN1C(=O)OC(C)(C)C. The van der Waals surface area contributed by atoms with Gasteiger partial charge in [-0.15, -0.1) is 0 Å². The van der Waals surface area contributed by atoms with Crippen LogP contribution in [0.5, 0.6) is 5.75 Å². The third-order valence-electron chi connectivity index (χ3n) is 4.65. The number of hydrogen-bond donors (Lipinski definition) is 0. The number of likely N-dealkylation sites (tertiary alicyclic amines) is 1. The molecule has 1 aromatic carbocycles. The van der Waals surface area contributed by atoms with Crippen LogP contribution in [-0.4, -0.2) is 54.7 Å². The summed E-state index contributed by atoms with van der Waals surface area (Å²) >= 11 is 12.6. The molecule has 1 fully saturated rings. The van der Waals surface area contributed by atoms with Crippen molar-refractivity contribution in [3.8, 4) is 5.75 Å². The number of esters is 1. The van der Waals surface area contributed by atoms with Crippen LogP contribution >= 0.6 is 23.2 Å². The molecule has 0 saturated carbocycles. The minimum Gasteiger partial charge on any atom is -0.496 e. The predicted octanol–water partition coefficient (Wildman–Crippen LogP) is 4.62. The number of amides is 1. The molecule has 1 heterocycles. The Bertz CT molecular complexity index is 820. The maximum atomic E-state index is 12.9. The third kappa shape index (κ3) is 5.79. The monoisotopic (exact) mass is 459 g/mol. The summed E-state index contributed by atoms with van der Waals surface area (Å²) in [6.07, 6.45) is -0.803. The molecule has 0 spiro atoms. The van der Waals surface area contributed by atoms with Crippen molar-refractivity contribution in [1.29, 1.82) is 0 Å². The highest BCUT2D eigenvalue weighted by Gasteiger charge is 2.43. The van der Waals surface area contributed by atoms with Gasteiger partial charge in [-0.1, -0.05) is 23.2 Å². The molecule has 1 aromatic rings. The van der Waals surface area contributed by atoms with Crippen LogP contribution in [0.25, 0.3) is 0 Å². The van der Waals surface area contributed by atoms with Crippen molar-refractivity contribution in [3.05, 3.63) is 27.7 Å². The lowest BCUT2D eigenvalue weighted by atomic mass is 9.93.